The van der Waals surface area contributed by atoms with Gasteiger partial charge in [-0.1, -0.05) is 83.9 Å². The van der Waals surface area contributed by atoms with E-state index < -0.39 is 0 Å². The molecule has 0 saturated heterocycles. The molecule has 2 heterocycles. The summed E-state index contributed by atoms with van der Waals surface area (Å²) in [5.74, 6) is 0.201. The Kier molecular flexibility index (Phi) is 6.93. The van der Waals surface area contributed by atoms with Gasteiger partial charge < -0.3 is 10.2 Å². The summed E-state index contributed by atoms with van der Waals surface area (Å²) < 4.78 is 0. The number of halogens is 1. The zero-order valence-electron chi connectivity index (χ0n) is 18.0. The molecule has 1 N–H and O–H groups in total. The highest BCUT2D eigenvalue weighted by molar-refractivity contribution is 6.31. The summed E-state index contributed by atoms with van der Waals surface area (Å²) in [6, 6.07) is 18.7. The minimum atomic E-state index is -0.0914. The fourth-order valence-corrected chi connectivity index (χ4v) is 4.50. The van der Waals surface area contributed by atoms with Crippen LogP contribution in [-0.4, -0.2) is 23.9 Å². The van der Waals surface area contributed by atoms with Crippen molar-refractivity contribution < 1.29 is 4.79 Å². The molecule has 2 aromatic carbocycles. The number of amides is 1. The molecular formula is C27H29ClN2O. The molecule has 0 saturated carbocycles. The van der Waals surface area contributed by atoms with Gasteiger partial charge in [-0.05, 0) is 49.0 Å². The molecular weight excluding hydrogens is 404 g/mol. The van der Waals surface area contributed by atoms with E-state index in [1.54, 1.807) is 0 Å². The topological polar surface area (TPSA) is 32.3 Å². The molecule has 1 amide bonds. The van der Waals surface area contributed by atoms with Gasteiger partial charge in [0.15, 0.2) is 0 Å². The van der Waals surface area contributed by atoms with Gasteiger partial charge in [0.25, 0.3) is 0 Å². The molecule has 0 spiro atoms. The summed E-state index contributed by atoms with van der Waals surface area (Å²) in [4.78, 5) is 15.5. The van der Waals surface area contributed by atoms with Crippen molar-refractivity contribution in [3.05, 3.63) is 106 Å². The lowest BCUT2D eigenvalue weighted by Gasteiger charge is -2.40. The second-order valence-corrected chi connectivity index (χ2v) is 8.67. The van der Waals surface area contributed by atoms with E-state index in [-0.39, 0.29) is 11.9 Å². The maximum Gasteiger partial charge on any atom is 0.223 e. The van der Waals surface area contributed by atoms with Crippen molar-refractivity contribution in [2.45, 2.75) is 38.6 Å². The van der Waals surface area contributed by atoms with E-state index in [4.69, 9.17) is 11.6 Å². The molecule has 31 heavy (non-hydrogen) atoms. The van der Waals surface area contributed by atoms with Gasteiger partial charge in [-0.2, -0.15) is 0 Å². The van der Waals surface area contributed by atoms with Gasteiger partial charge in [0.2, 0.25) is 5.91 Å². The molecule has 0 aliphatic carbocycles. The number of aryl methyl sites for hydroxylation is 2. The Balaban J connectivity index is 1.64. The van der Waals surface area contributed by atoms with Crippen molar-refractivity contribution in [1.82, 2.24) is 10.2 Å². The highest BCUT2D eigenvalue weighted by Crippen LogP contribution is 2.37. The van der Waals surface area contributed by atoms with Gasteiger partial charge in [-0.15, -0.1) is 0 Å². The van der Waals surface area contributed by atoms with Crippen LogP contribution in [0.1, 0.15) is 42.0 Å². The molecule has 0 aromatic heterocycles. The van der Waals surface area contributed by atoms with E-state index in [9.17, 15) is 4.79 Å². The third-order valence-electron chi connectivity index (χ3n) is 6.04. The molecule has 3 nitrogen and oxygen atoms in total. The summed E-state index contributed by atoms with van der Waals surface area (Å²) in [6.07, 6.45) is 8.99. The zero-order valence-corrected chi connectivity index (χ0v) is 18.7. The second-order valence-electron chi connectivity index (χ2n) is 8.23. The van der Waals surface area contributed by atoms with Gasteiger partial charge in [0.1, 0.15) is 0 Å². The minimum absolute atomic E-state index is 0.0914. The fourth-order valence-electron chi connectivity index (χ4n) is 4.33. The van der Waals surface area contributed by atoms with Gasteiger partial charge >= 0.3 is 0 Å². The Labute approximate surface area is 190 Å². The van der Waals surface area contributed by atoms with Crippen molar-refractivity contribution in [2.75, 3.05) is 13.1 Å². The number of carbonyl (C=O) groups is 1. The number of hydrogen-bond acceptors (Lipinski definition) is 2. The normalized spacial score (nSPS) is 21.7. The van der Waals surface area contributed by atoms with E-state index in [1.165, 1.54) is 16.7 Å². The molecule has 0 fully saturated rings. The van der Waals surface area contributed by atoms with Crippen LogP contribution in [0.25, 0.3) is 0 Å². The Morgan fingerprint density at radius 3 is 2.68 bits per heavy atom. The van der Waals surface area contributed by atoms with Crippen molar-refractivity contribution in [1.29, 1.82) is 0 Å². The van der Waals surface area contributed by atoms with Gasteiger partial charge in [0, 0.05) is 30.2 Å². The summed E-state index contributed by atoms with van der Waals surface area (Å²) >= 11 is 6.31. The van der Waals surface area contributed by atoms with Crippen molar-refractivity contribution in [2.24, 2.45) is 0 Å². The maximum atomic E-state index is 13.4. The van der Waals surface area contributed by atoms with Crippen LogP contribution in [0.2, 0.25) is 0 Å². The standard InChI is InChI=1S/C27H29ClN2O/c1-20-9-12-23(13-10-20)27-26-22(14-15-24(28)8-5-18-29-26)17-19-30(27)25(31)16-11-21-6-3-2-4-7-21/h2-10,12-13,15,27,29H,11,14,16-19H2,1H3/b8-5-,24-15+/t27-/m1/s1. The summed E-state index contributed by atoms with van der Waals surface area (Å²) in [5.41, 5.74) is 6.05. The molecule has 4 heteroatoms. The minimum Gasteiger partial charge on any atom is -0.383 e. The highest BCUT2D eigenvalue weighted by Gasteiger charge is 2.33. The first-order valence-electron chi connectivity index (χ1n) is 11.0. The van der Waals surface area contributed by atoms with Crippen LogP contribution in [0.15, 0.2) is 89.1 Å². The van der Waals surface area contributed by atoms with Crippen molar-refractivity contribution in [3.63, 3.8) is 0 Å². The summed E-state index contributed by atoms with van der Waals surface area (Å²) in [5, 5.41) is 4.38. The van der Waals surface area contributed by atoms with Crippen LogP contribution in [0.4, 0.5) is 0 Å². The van der Waals surface area contributed by atoms with Crippen LogP contribution in [0.3, 0.4) is 0 Å². The monoisotopic (exact) mass is 432 g/mol. The molecule has 2 aliphatic heterocycles. The smallest absolute Gasteiger partial charge is 0.223 e. The van der Waals surface area contributed by atoms with E-state index in [1.807, 2.05) is 30.4 Å². The molecule has 0 bridgehead atoms. The van der Waals surface area contributed by atoms with Crippen LogP contribution >= 0.6 is 11.6 Å². The second kappa shape index (κ2) is 10.0. The van der Waals surface area contributed by atoms with Gasteiger partial charge in [0.05, 0.1) is 6.04 Å². The molecule has 160 valence electrons. The fraction of sp³-hybridized carbons (Fsp3) is 0.296. The summed E-state index contributed by atoms with van der Waals surface area (Å²) in [7, 11) is 0. The number of rotatable bonds is 4. The lowest BCUT2D eigenvalue weighted by molar-refractivity contribution is -0.133. The Hall–Kier alpha value is -2.78. The largest absolute Gasteiger partial charge is 0.383 e. The molecule has 2 aromatic rings. The predicted octanol–water partition coefficient (Wildman–Crippen LogP) is 5.83. The Morgan fingerprint density at radius 2 is 1.90 bits per heavy atom. The highest BCUT2D eigenvalue weighted by atomic mass is 35.5. The lowest BCUT2D eigenvalue weighted by Crippen LogP contribution is -2.43. The predicted molar refractivity (Wildman–Crippen MR) is 128 cm³/mol. The lowest BCUT2D eigenvalue weighted by atomic mass is 9.90. The third kappa shape index (κ3) is 5.29. The molecule has 2 aliphatic rings. The quantitative estimate of drug-likeness (QED) is 0.659. The SMILES string of the molecule is Cc1ccc([C@@H]2C3=C(C/C=C(Cl)\C=C/CN3)CCN2C(=O)CCc2ccccc2)cc1. The summed E-state index contributed by atoms with van der Waals surface area (Å²) in [6.45, 7) is 3.51. The molecule has 0 unspecified atom stereocenters. The van der Waals surface area contributed by atoms with E-state index >= 15 is 0 Å². The number of allylic oxidation sites excluding steroid dienone is 3. The molecule has 4 rings (SSSR count). The van der Waals surface area contributed by atoms with Crippen LogP contribution < -0.4 is 5.32 Å². The number of hydrogen-bond donors (Lipinski definition) is 1. The Bertz CT molecular complexity index is 1010. The molecule has 0 radical (unpaired) electrons. The zero-order chi connectivity index (χ0) is 21.6. The Morgan fingerprint density at radius 1 is 1.13 bits per heavy atom. The van der Waals surface area contributed by atoms with Crippen molar-refractivity contribution >= 4 is 17.5 Å². The van der Waals surface area contributed by atoms with E-state index in [0.717, 1.165) is 42.1 Å². The maximum absolute atomic E-state index is 13.4. The van der Waals surface area contributed by atoms with Crippen LogP contribution in [0.5, 0.6) is 0 Å². The first-order chi connectivity index (χ1) is 15.1. The average molecular weight is 433 g/mol. The molecule has 1 atom stereocenters. The van der Waals surface area contributed by atoms with E-state index in [0.29, 0.717) is 13.0 Å². The van der Waals surface area contributed by atoms with Gasteiger partial charge in [-0.25, -0.2) is 0 Å². The van der Waals surface area contributed by atoms with Crippen LogP contribution in [0, 0.1) is 6.92 Å². The van der Waals surface area contributed by atoms with Crippen LogP contribution in [-0.2, 0) is 11.2 Å². The first-order valence-corrected chi connectivity index (χ1v) is 11.4. The van der Waals surface area contributed by atoms with Gasteiger partial charge in [-0.3, -0.25) is 4.79 Å². The van der Waals surface area contributed by atoms with E-state index in [2.05, 4.69) is 59.6 Å². The third-order valence-corrected chi connectivity index (χ3v) is 6.32. The number of benzene rings is 2. The van der Waals surface area contributed by atoms with Crippen molar-refractivity contribution in [3.8, 4) is 0 Å². The number of nitrogens with one attached hydrogen (secondary N) is 1. The first kappa shape index (κ1) is 21.5. The number of carbonyl (C=O) groups excluding carboxylic acids is 1. The number of nitrogens with zero attached hydrogens (tertiary/aromatic N) is 1. The average Bonchev–Trinajstić information content (AvgIpc) is 2.89.